The summed E-state index contributed by atoms with van der Waals surface area (Å²) in [5.74, 6) is 0.444. The first-order chi connectivity index (χ1) is 7.16. The van der Waals surface area contributed by atoms with Gasteiger partial charge in [-0.3, -0.25) is 4.79 Å². The van der Waals surface area contributed by atoms with E-state index in [1.165, 1.54) is 0 Å². The average molecular weight is 202 g/mol. The minimum atomic E-state index is -0.0672. The second-order valence-electron chi connectivity index (χ2n) is 4.13. The quantitative estimate of drug-likeness (QED) is 0.810. The Balaban J connectivity index is 2.57. The van der Waals surface area contributed by atoms with Crippen LogP contribution in [0.5, 0.6) is 0 Å². The maximum absolute atomic E-state index is 11.7. The van der Waals surface area contributed by atoms with Crippen molar-refractivity contribution in [3.8, 4) is 0 Å². The van der Waals surface area contributed by atoms with E-state index in [0.29, 0.717) is 11.6 Å². The van der Waals surface area contributed by atoms with Gasteiger partial charge in [0.2, 0.25) is 0 Å². The molecule has 0 spiro atoms. The fourth-order valence-corrected chi connectivity index (χ4v) is 1.59. The van der Waals surface area contributed by atoms with Crippen LogP contribution in [0.2, 0.25) is 0 Å². The Kier molecular flexibility index (Phi) is 2.54. The third-order valence-electron chi connectivity index (χ3n) is 2.27. The molecule has 3 heteroatoms. The van der Waals surface area contributed by atoms with E-state index in [9.17, 15) is 4.79 Å². The largest absolute Gasteiger partial charge is 0.319 e. The van der Waals surface area contributed by atoms with Gasteiger partial charge in [-0.2, -0.15) is 0 Å². The minimum Gasteiger partial charge on any atom is -0.319 e. The van der Waals surface area contributed by atoms with Crippen molar-refractivity contribution >= 4 is 11.0 Å². The number of hydrogen-bond acceptors (Lipinski definition) is 2. The van der Waals surface area contributed by atoms with E-state index in [2.05, 4.69) is 23.8 Å². The van der Waals surface area contributed by atoms with Crippen molar-refractivity contribution in [2.75, 3.05) is 0 Å². The number of aromatic nitrogens is 2. The molecule has 0 fully saturated rings. The molecule has 1 N–H and O–H groups in total. The highest BCUT2D eigenvalue weighted by molar-refractivity contribution is 5.73. The van der Waals surface area contributed by atoms with Crippen LogP contribution in [0, 0.1) is 5.92 Å². The first kappa shape index (κ1) is 9.90. The number of nitrogens with one attached hydrogen (secondary N) is 1. The number of rotatable bonds is 2. The number of nitrogens with zero attached hydrogens (tertiary/aromatic N) is 1. The van der Waals surface area contributed by atoms with E-state index in [-0.39, 0.29) is 5.56 Å². The summed E-state index contributed by atoms with van der Waals surface area (Å²) in [4.78, 5) is 18.9. The zero-order valence-corrected chi connectivity index (χ0v) is 8.95. The van der Waals surface area contributed by atoms with Crippen LogP contribution in [0.25, 0.3) is 11.0 Å². The Hall–Kier alpha value is -1.64. The lowest BCUT2D eigenvalue weighted by atomic mass is 10.1. The third-order valence-corrected chi connectivity index (χ3v) is 2.27. The van der Waals surface area contributed by atoms with Crippen LogP contribution >= 0.6 is 0 Å². The van der Waals surface area contributed by atoms with E-state index in [1.54, 1.807) is 0 Å². The highest BCUT2D eigenvalue weighted by Gasteiger charge is 2.05. The molecule has 1 heterocycles. The molecule has 0 radical (unpaired) electrons. The van der Waals surface area contributed by atoms with Gasteiger partial charge in [0.05, 0.1) is 11.0 Å². The average Bonchev–Trinajstić information content (AvgIpc) is 2.18. The van der Waals surface area contributed by atoms with Crippen molar-refractivity contribution in [3.05, 3.63) is 40.3 Å². The molecular weight excluding hydrogens is 188 g/mol. The lowest BCUT2D eigenvalue weighted by molar-refractivity contribution is 0.631. The van der Waals surface area contributed by atoms with E-state index < -0.39 is 0 Å². The third kappa shape index (κ3) is 2.06. The summed E-state index contributed by atoms with van der Waals surface area (Å²) in [6.07, 6.45) is 0.722. The molecule has 0 aliphatic carbocycles. The number of hydrogen-bond donors (Lipinski definition) is 1. The topological polar surface area (TPSA) is 45.8 Å². The Bertz CT molecular complexity index is 528. The molecule has 15 heavy (non-hydrogen) atoms. The SMILES string of the molecule is CC(C)Cc1nc2ccccc2[nH]c1=O. The maximum Gasteiger partial charge on any atom is 0.270 e. The first-order valence-electron chi connectivity index (χ1n) is 5.15. The first-order valence-corrected chi connectivity index (χ1v) is 5.15. The van der Waals surface area contributed by atoms with E-state index >= 15 is 0 Å². The Morgan fingerprint density at radius 3 is 2.80 bits per heavy atom. The lowest BCUT2D eigenvalue weighted by Gasteiger charge is -2.04. The molecule has 0 saturated heterocycles. The molecule has 0 aliphatic heterocycles. The Morgan fingerprint density at radius 1 is 1.33 bits per heavy atom. The van der Waals surface area contributed by atoms with Gasteiger partial charge in [0.25, 0.3) is 5.56 Å². The summed E-state index contributed by atoms with van der Waals surface area (Å²) in [5.41, 5.74) is 2.22. The van der Waals surface area contributed by atoms with Gasteiger partial charge in [-0.05, 0) is 24.5 Å². The lowest BCUT2D eigenvalue weighted by Crippen LogP contribution is -2.16. The summed E-state index contributed by atoms with van der Waals surface area (Å²) in [6.45, 7) is 4.16. The van der Waals surface area contributed by atoms with Crippen LogP contribution in [0.15, 0.2) is 29.1 Å². The number of H-pyrrole nitrogens is 1. The monoisotopic (exact) mass is 202 g/mol. The van der Waals surface area contributed by atoms with Crippen LogP contribution in [0.1, 0.15) is 19.5 Å². The summed E-state index contributed by atoms with van der Waals surface area (Å²) >= 11 is 0. The van der Waals surface area contributed by atoms with Crippen LogP contribution in [-0.4, -0.2) is 9.97 Å². The van der Waals surface area contributed by atoms with E-state index in [0.717, 1.165) is 17.5 Å². The van der Waals surface area contributed by atoms with Gasteiger partial charge in [0.1, 0.15) is 5.69 Å². The molecule has 1 aromatic heterocycles. The van der Waals surface area contributed by atoms with Gasteiger partial charge >= 0.3 is 0 Å². The molecule has 1 aromatic carbocycles. The summed E-state index contributed by atoms with van der Waals surface area (Å²) in [5, 5.41) is 0. The van der Waals surface area contributed by atoms with Gasteiger partial charge in [-0.15, -0.1) is 0 Å². The smallest absolute Gasteiger partial charge is 0.270 e. The van der Waals surface area contributed by atoms with E-state index in [4.69, 9.17) is 0 Å². The minimum absolute atomic E-state index is 0.0672. The molecule has 0 aliphatic rings. The maximum atomic E-state index is 11.7. The van der Waals surface area contributed by atoms with Crippen LogP contribution < -0.4 is 5.56 Å². The Morgan fingerprint density at radius 2 is 2.07 bits per heavy atom. The van der Waals surface area contributed by atoms with Gasteiger partial charge in [-0.1, -0.05) is 26.0 Å². The summed E-state index contributed by atoms with van der Waals surface area (Å²) in [7, 11) is 0. The van der Waals surface area contributed by atoms with Gasteiger partial charge < -0.3 is 4.98 Å². The van der Waals surface area contributed by atoms with Crippen molar-refractivity contribution in [2.45, 2.75) is 20.3 Å². The fourth-order valence-electron chi connectivity index (χ4n) is 1.59. The zero-order chi connectivity index (χ0) is 10.8. The highest BCUT2D eigenvalue weighted by atomic mass is 16.1. The molecule has 0 saturated carbocycles. The predicted octanol–water partition coefficient (Wildman–Crippen LogP) is 2.12. The summed E-state index contributed by atoms with van der Waals surface area (Å²) < 4.78 is 0. The van der Waals surface area contributed by atoms with Crippen LogP contribution in [0.3, 0.4) is 0 Å². The van der Waals surface area contributed by atoms with Crippen molar-refractivity contribution in [1.82, 2.24) is 9.97 Å². The van der Waals surface area contributed by atoms with Gasteiger partial charge in [0.15, 0.2) is 0 Å². The molecule has 2 rings (SSSR count). The molecule has 2 aromatic rings. The normalized spacial score (nSPS) is 11.1. The second-order valence-corrected chi connectivity index (χ2v) is 4.13. The van der Waals surface area contributed by atoms with Crippen molar-refractivity contribution in [3.63, 3.8) is 0 Å². The number of fused-ring (bicyclic) bond motifs is 1. The second kappa shape index (κ2) is 3.85. The van der Waals surface area contributed by atoms with Crippen molar-refractivity contribution in [2.24, 2.45) is 5.92 Å². The van der Waals surface area contributed by atoms with Gasteiger partial charge in [0, 0.05) is 0 Å². The fraction of sp³-hybridized carbons (Fsp3) is 0.333. The van der Waals surface area contributed by atoms with Crippen molar-refractivity contribution < 1.29 is 0 Å². The van der Waals surface area contributed by atoms with Gasteiger partial charge in [-0.25, -0.2) is 4.98 Å². The number of para-hydroxylation sites is 2. The van der Waals surface area contributed by atoms with Crippen molar-refractivity contribution in [1.29, 1.82) is 0 Å². The number of benzene rings is 1. The zero-order valence-electron chi connectivity index (χ0n) is 8.95. The molecule has 0 bridgehead atoms. The molecule has 78 valence electrons. The molecule has 0 amide bonds. The molecular formula is C12H14N2O. The van der Waals surface area contributed by atoms with E-state index in [1.807, 2.05) is 24.3 Å². The molecule has 0 unspecified atom stereocenters. The Labute approximate surface area is 88.2 Å². The van der Waals surface area contributed by atoms with Crippen LogP contribution in [-0.2, 0) is 6.42 Å². The number of aromatic amines is 1. The predicted molar refractivity (Wildman–Crippen MR) is 60.9 cm³/mol. The summed E-state index contributed by atoms with van der Waals surface area (Å²) in [6, 6.07) is 7.59. The molecule has 3 nitrogen and oxygen atoms in total. The van der Waals surface area contributed by atoms with Crippen LogP contribution in [0.4, 0.5) is 0 Å². The highest BCUT2D eigenvalue weighted by Crippen LogP contribution is 2.08. The molecule has 0 atom stereocenters. The standard InChI is InChI=1S/C12H14N2O/c1-8(2)7-11-12(15)14-10-6-4-3-5-9(10)13-11/h3-6,8H,7H2,1-2H3,(H,14,15).